The Morgan fingerprint density at radius 3 is 2.75 bits per heavy atom. The SMILES string of the molecule is C[C@@H]1Oc2ccccc2N(CC(=O)N[C@@H](C)c2ccncc2)C1=O. The fraction of sp³-hybridized carbons (Fsp3) is 0.278. The molecule has 0 bridgehead atoms. The van der Waals surface area contributed by atoms with Crippen LogP contribution in [0.15, 0.2) is 48.8 Å². The molecule has 1 aromatic carbocycles. The lowest BCUT2D eigenvalue weighted by molar-refractivity contribution is -0.128. The van der Waals surface area contributed by atoms with Crippen molar-refractivity contribution in [1.29, 1.82) is 0 Å². The number of hydrogen-bond acceptors (Lipinski definition) is 4. The molecule has 3 rings (SSSR count). The maximum Gasteiger partial charge on any atom is 0.268 e. The third kappa shape index (κ3) is 3.22. The second kappa shape index (κ2) is 6.70. The van der Waals surface area contributed by atoms with E-state index in [4.69, 9.17) is 4.74 Å². The van der Waals surface area contributed by atoms with Crippen molar-refractivity contribution in [3.05, 3.63) is 54.4 Å². The summed E-state index contributed by atoms with van der Waals surface area (Å²) in [5.74, 6) is 0.163. The van der Waals surface area contributed by atoms with E-state index in [9.17, 15) is 9.59 Å². The summed E-state index contributed by atoms with van der Waals surface area (Å²) in [6.07, 6.45) is 2.76. The zero-order valence-electron chi connectivity index (χ0n) is 13.6. The van der Waals surface area contributed by atoms with Gasteiger partial charge < -0.3 is 10.1 Å². The predicted octanol–water partition coefficient (Wildman–Crippen LogP) is 2.07. The summed E-state index contributed by atoms with van der Waals surface area (Å²) < 4.78 is 5.58. The number of anilines is 1. The van der Waals surface area contributed by atoms with Crippen LogP contribution in [-0.4, -0.2) is 29.4 Å². The molecule has 1 aliphatic heterocycles. The minimum Gasteiger partial charge on any atom is -0.479 e. The quantitative estimate of drug-likeness (QED) is 0.934. The van der Waals surface area contributed by atoms with Crippen molar-refractivity contribution in [3.63, 3.8) is 0 Å². The molecule has 6 heteroatoms. The maximum atomic E-state index is 12.4. The number of amides is 2. The first-order valence-corrected chi connectivity index (χ1v) is 7.82. The summed E-state index contributed by atoms with van der Waals surface area (Å²) in [6, 6.07) is 10.8. The number of nitrogens with zero attached hydrogens (tertiary/aromatic N) is 2. The van der Waals surface area contributed by atoms with Crippen molar-refractivity contribution in [1.82, 2.24) is 10.3 Å². The molecule has 2 aromatic rings. The van der Waals surface area contributed by atoms with Crippen molar-refractivity contribution in [2.45, 2.75) is 26.0 Å². The van der Waals surface area contributed by atoms with Crippen LogP contribution in [0, 0.1) is 0 Å². The first-order chi connectivity index (χ1) is 11.6. The number of nitrogens with one attached hydrogen (secondary N) is 1. The molecule has 1 aromatic heterocycles. The van der Waals surface area contributed by atoms with Gasteiger partial charge in [0.05, 0.1) is 11.7 Å². The number of carbonyl (C=O) groups excluding carboxylic acids is 2. The third-order valence-electron chi connectivity index (χ3n) is 3.96. The van der Waals surface area contributed by atoms with Crippen molar-refractivity contribution < 1.29 is 14.3 Å². The minimum atomic E-state index is -0.606. The zero-order valence-corrected chi connectivity index (χ0v) is 13.6. The number of ether oxygens (including phenoxy) is 1. The molecule has 0 aliphatic carbocycles. The summed E-state index contributed by atoms with van der Waals surface area (Å²) in [6.45, 7) is 3.53. The van der Waals surface area contributed by atoms with Crippen LogP contribution >= 0.6 is 0 Å². The van der Waals surface area contributed by atoms with Crippen molar-refractivity contribution >= 4 is 17.5 Å². The molecule has 0 fully saturated rings. The summed E-state index contributed by atoms with van der Waals surface area (Å²) in [4.78, 5) is 30.2. The van der Waals surface area contributed by atoms with Crippen LogP contribution < -0.4 is 15.0 Å². The standard InChI is InChI=1S/C18H19N3O3/c1-12(14-7-9-19-10-8-14)20-17(22)11-21-15-5-3-4-6-16(15)24-13(2)18(21)23/h3-10,12-13H,11H2,1-2H3,(H,20,22)/t12-,13-/m0/s1. The van der Waals surface area contributed by atoms with Crippen LogP contribution in [0.3, 0.4) is 0 Å². The van der Waals surface area contributed by atoms with E-state index < -0.39 is 6.10 Å². The molecule has 0 unspecified atom stereocenters. The number of pyridine rings is 1. The van der Waals surface area contributed by atoms with Gasteiger partial charge in [0.15, 0.2) is 6.10 Å². The van der Waals surface area contributed by atoms with Crippen LogP contribution in [0.25, 0.3) is 0 Å². The summed E-state index contributed by atoms with van der Waals surface area (Å²) >= 11 is 0. The first-order valence-electron chi connectivity index (χ1n) is 7.82. The lowest BCUT2D eigenvalue weighted by atomic mass is 10.1. The average molecular weight is 325 g/mol. The van der Waals surface area contributed by atoms with Gasteiger partial charge in [-0.05, 0) is 43.7 Å². The highest BCUT2D eigenvalue weighted by Gasteiger charge is 2.32. The molecule has 1 aliphatic rings. The highest BCUT2D eigenvalue weighted by atomic mass is 16.5. The van der Waals surface area contributed by atoms with E-state index >= 15 is 0 Å². The van der Waals surface area contributed by atoms with Gasteiger partial charge in [-0.15, -0.1) is 0 Å². The van der Waals surface area contributed by atoms with E-state index in [0.717, 1.165) is 5.56 Å². The molecule has 0 spiro atoms. The van der Waals surface area contributed by atoms with Gasteiger partial charge in [-0.25, -0.2) is 0 Å². The Morgan fingerprint density at radius 1 is 1.29 bits per heavy atom. The van der Waals surface area contributed by atoms with Gasteiger partial charge in [-0.1, -0.05) is 12.1 Å². The summed E-state index contributed by atoms with van der Waals surface area (Å²) in [5, 5.41) is 2.91. The number of hydrogen-bond donors (Lipinski definition) is 1. The molecule has 0 saturated carbocycles. The van der Waals surface area contributed by atoms with E-state index in [1.54, 1.807) is 31.5 Å². The van der Waals surface area contributed by atoms with E-state index in [-0.39, 0.29) is 24.4 Å². The van der Waals surface area contributed by atoms with Crippen molar-refractivity contribution in [2.24, 2.45) is 0 Å². The van der Waals surface area contributed by atoms with Gasteiger partial charge >= 0.3 is 0 Å². The normalized spacial score (nSPS) is 17.7. The molecule has 0 radical (unpaired) electrons. The molecule has 2 atom stereocenters. The lowest BCUT2D eigenvalue weighted by Gasteiger charge is -2.32. The fourth-order valence-corrected chi connectivity index (χ4v) is 2.69. The Balaban J connectivity index is 1.73. The smallest absolute Gasteiger partial charge is 0.268 e. The molecular formula is C18H19N3O3. The van der Waals surface area contributed by atoms with Crippen LogP contribution in [0.5, 0.6) is 5.75 Å². The van der Waals surface area contributed by atoms with Gasteiger partial charge in [-0.2, -0.15) is 0 Å². The van der Waals surface area contributed by atoms with Crippen molar-refractivity contribution in [2.75, 3.05) is 11.4 Å². The highest BCUT2D eigenvalue weighted by molar-refractivity contribution is 6.03. The molecule has 2 heterocycles. The Hall–Kier alpha value is -2.89. The molecule has 1 N–H and O–H groups in total. The van der Waals surface area contributed by atoms with Crippen LogP contribution in [0.2, 0.25) is 0 Å². The Labute approximate surface area is 140 Å². The monoisotopic (exact) mass is 325 g/mol. The fourth-order valence-electron chi connectivity index (χ4n) is 2.69. The largest absolute Gasteiger partial charge is 0.479 e. The van der Waals surface area contributed by atoms with Gasteiger partial charge in [0.25, 0.3) is 5.91 Å². The number of rotatable bonds is 4. The number of fused-ring (bicyclic) bond motifs is 1. The molecule has 0 saturated heterocycles. The van der Waals surface area contributed by atoms with Gasteiger partial charge in [0.2, 0.25) is 5.91 Å². The highest BCUT2D eigenvalue weighted by Crippen LogP contribution is 2.33. The van der Waals surface area contributed by atoms with E-state index in [2.05, 4.69) is 10.3 Å². The third-order valence-corrected chi connectivity index (χ3v) is 3.96. The number of para-hydroxylation sites is 2. The molecule has 124 valence electrons. The number of carbonyl (C=O) groups is 2. The van der Waals surface area contributed by atoms with Gasteiger partial charge in [0, 0.05) is 12.4 Å². The first kappa shape index (κ1) is 16.0. The van der Waals surface area contributed by atoms with Crippen LogP contribution in [-0.2, 0) is 9.59 Å². The van der Waals surface area contributed by atoms with Crippen LogP contribution in [0.4, 0.5) is 5.69 Å². The van der Waals surface area contributed by atoms with Crippen molar-refractivity contribution in [3.8, 4) is 5.75 Å². The topological polar surface area (TPSA) is 71.5 Å². The van der Waals surface area contributed by atoms with E-state index in [1.807, 2.05) is 31.2 Å². The molecule has 2 amide bonds. The zero-order chi connectivity index (χ0) is 17.1. The Kier molecular flexibility index (Phi) is 4.46. The number of benzene rings is 1. The summed E-state index contributed by atoms with van der Waals surface area (Å²) in [7, 11) is 0. The van der Waals surface area contributed by atoms with Gasteiger partial charge in [0.1, 0.15) is 12.3 Å². The molecular weight excluding hydrogens is 306 g/mol. The number of aromatic nitrogens is 1. The molecule has 24 heavy (non-hydrogen) atoms. The Bertz CT molecular complexity index is 748. The minimum absolute atomic E-state index is 0.0427. The van der Waals surface area contributed by atoms with E-state index in [1.165, 1.54) is 4.90 Å². The molecule has 6 nitrogen and oxygen atoms in total. The maximum absolute atomic E-state index is 12.4. The lowest BCUT2D eigenvalue weighted by Crippen LogP contribution is -2.49. The predicted molar refractivity (Wildman–Crippen MR) is 89.7 cm³/mol. The summed E-state index contributed by atoms with van der Waals surface area (Å²) in [5.41, 5.74) is 1.58. The van der Waals surface area contributed by atoms with Gasteiger partial charge in [-0.3, -0.25) is 19.5 Å². The Morgan fingerprint density at radius 2 is 2.00 bits per heavy atom. The average Bonchev–Trinajstić information content (AvgIpc) is 2.59. The van der Waals surface area contributed by atoms with E-state index in [0.29, 0.717) is 11.4 Å². The second-order valence-corrected chi connectivity index (χ2v) is 5.72. The second-order valence-electron chi connectivity index (χ2n) is 5.72. The van der Waals surface area contributed by atoms with Crippen LogP contribution in [0.1, 0.15) is 25.5 Å².